The van der Waals surface area contributed by atoms with Crippen LogP contribution < -0.4 is 5.32 Å². The van der Waals surface area contributed by atoms with Crippen LogP contribution in [0, 0.1) is 5.92 Å². The maximum absolute atomic E-state index is 13.5. The van der Waals surface area contributed by atoms with E-state index in [-0.39, 0.29) is 24.6 Å². The van der Waals surface area contributed by atoms with Gasteiger partial charge in [0.1, 0.15) is 6.04 Å². The number of carbonyl (C=O) groups excluding carboxylic acids is 1. The number of rotatable bonds is 7. The predicted molar refractivity (Wildman–Crippen MR) is 136 cm³/mol. The number of alkyl halides is 6. The Morgan fingerprint density at radius 2 is 1.50 bits per heavy atom. The number of benzene rings is 2. The van der Waals surface area contributed by atoms with Gasteiger partial charge in [0.05, 0.1) is 11.1 Å². The maximum atomic E-state index is 13.5. The molecule has 2 unspecified atom stereocenters. The molecule has 0 aromatic heterocycles. The number of halogens is 6. The number of hydrogen-bond acceptors (Lipinski definition) is 3. The van der Waals surface area contributed by atoms with Gasteiger partial charge in [-0.25, -0.2) is 0 Å². The van der Waals surface area contributed by atoms with Gasteiger partial charge in [-0.3, -0.25) is 9.59 Å². The average Bonchev–Trinajstić information content (AvgIpc) is 2.91. The van der Waals surface area contributed by atoms with E-state index in [1.165, 1.54) is 4.90 Å². The summed E-state index contributed by atoms with van der Waals surface area (Å²) in [6, 6.07) is 8.38. The minimum atomic E-state index is -5.07. The number of likely N-dealkylation sites (tertiary alicyclic amines) is 1. The first-order valence-electron chi connectivity index (χ1n) is 13.5. The van der Waals surface area contributed by atoms with Gasteiger partial charge in [0, 0.05) is 24.2 Å². The summed E-state index contributed by atoms with van der Waals surface area (Å²) in [5, 5.41) is 13.2. The Balaban J connectivity index is 1.61. The lowest BCUT2D eigenvalue weighted by Crippen LogP contribution is -2.56. The van der Waals surface area contributed by atoms with E-state index in [9.17, 15) is 41.0 Å². The molecule has 1 aliphatic carbocycles. The van der Waals surface area contributed by atoms with E-state index in [0.29, 0.717) is 31.4 Å². The summed E-state index contributed by atoms with van der Waals surface area (Å²) in [6.07, 6.45) is -4.62. The molecule has 0 bridgehead atoms. The SMILES string of the molecule is O=C(O)[C@H](NC1CCN(C(=O)c2cc(C(F)(F)F)cc(C(F)(F)F)c2)C(Cc2ccccc2)C1)C1CCCCC1. The second-order valence-electron chi connectivity index (χ2n) is 10.7. The van der Waals surface area contributed by atoms with Gasteiger partial charge in [-0.15, -0.1) is 0 Å². The molecule has 1 heterocycles. The van der Waals surface area contributed by atoms with Crippen molar-refractivity contribution in [2.45, 2.75) is 81.8 Å². The van der Waals surface area contributed by atoms with Gasteiger partial charge in [-0.05, 0) is 61.8 Å². The highest BCUT2D eigenvalue weighted by Gasteiger charge is 2.40. The lowest BCUT2D eigenvalue weighted by atomic mass is 9.82. The van der Waals surface area contributed by atoms with Crippen LogP contribution in [-0.4, -0.2) is 46.6 Å². The number of nitrogens with one attached hydrogen (secondary N) is 1. The highest BCUT2D eigenvalue weighted by molar-refractivity contribution is 5.95. The molecule has 2 N–H and O–H groups in total. The third-order valence-corrected chi connectivity index (χ3v) is 7.93. The van der Waals surface area contributed by atoms with Gasteiger partial charge >= 0.3 is 18.3 Å². The maximum Gasteiger partial charge on any atom is 0.416 e. The molecule has 5 nitrogen and oxygen atoms in total. The van der Waals surface area contributed by atoms with E-state index in [0.717, 1.165) is 37.7 Å². The van der Waals surface area contributed by atoms with Crippen LogP contribution in [0.4, 0.5) is 26.3 Å². The third kappa shape index (κ3) is 7.35. The Hall–Kier alpha value is -3.08. The van der Waals surface area contributed by atoms with Crippen molar-refractivity contribution in [1.82, 2.24) is 10.2 Å². The fourth-order valence-corrected chi connectivity index (χ4v) is 5.92. The van der Waals surface area contributed by atoms with Crippen molar-refractivity contribution in [2.24, 2.45) is 5.92 Å². The van der Waals surface area contributed by atoms with Crippen LogP contribution in [-0.2, 0) is 23.6 Å². The molecule has 4 rings (SSSR count). The van der Waals surface area contributed by atoms with Crippen LogP contribution in [0.15, 0.2) is 48.5 Å². The van der Waals surface area contributed by atoms with Crippen molar-refractivity contribution >= 4 is 11.9 Å². The van der Waals surface area contributed by atoms with Gasteiger partial charge < -0.3 is 15.3 Å². The molecule has 1 saturated heterocycles. The summed E-state index contributed by atoms with van der Waals surface area (Å²) >= 11 is 0. The first-order valence-corrected chi connectivity index (χ1v) is 13.5. The second-order valence-corrected chi connectivity index (χ2v) is 10.7. The van der Waals surface area contributed by atoms with Crippen LogP contribution in [0.2, 0.25) is 0 Å². The van der Waals surface area contributed by atoms with Crippen molar-refractivity contribution < 1.29 is 41.0 Å². The molecule has 3 atom stereocenters. The van der Waals surface area contributed by atoms with Gasteiger partial charge in [-0.2, -0.15) is 26.3 Å². The van der Waals surface area contributed by atoms with Crippen LogP contribution in [0.25, 0.3) is 0 Å². The van der Waals surface area contributed by atoms with Gasteiger partial charge in [0.2, 0.25) is 0 Å². The van der Waals surface area contributed by atoms with Crippen molar-refractivity contribution in [1.29, 1.82) is 0 Å². The number of carboxylic acid groups (broad SMARTS) is 1. The smallest absolute Gasteiger partial charge is 0.416 e. The molecule has 1 amide bonds. The number of hydrogen-bond donors (Lipinski definition) is 2. The topological polar surface area (TPSA) is 69.6 Å². The van der Waals surface area contributed by atoms with Crippen LogP contribution >= 0.6 is 0 Å². The lowest BCUT2D eigenvalue weighted by molar-refractivity contribution is -0.143. The van der Waals surface area contributed by atoms with E-state index in [1.54, 1.807) is 18.2 Å². The Kier molecular flexibility index (Phi) is 9.12. The Bertz CT molecular complexity index is 1150. The molecule has 40 heavy (non-hydrogen) atoms. The molecule has 2 aromatic carbocycles. The summed E-state index contributed by atoms with van der Waals surface area (Å²) in [4.78, 5) is 27.0. The molecule has 11 heteroatoms. The van der Waals surface area contributed by atoms with E-state index < -0.39 is 53.0 Å². The van der Waals surface area contributed by atoms with E-state index in [1.807, 2.05) is 12.1 Å². The summed E-state index contributed by atoms with van der Waals surface area (Å²) in [5.74, 6) is -1.89. The van der Waals surface area contributed by atoms with Crippen molar-refractivity contribution in [2.75, 3.05) is 6.54 Å². The van der Waals surface area contributed by atoms with E-state index in [2.05, 4.69) is 5.32 Å². The fraction of sp³-hybridized carbons (Fsp3) is 0.517. The lowest BCUT2D eigenvalue weighted by Gasteiger charge is -2.42. The molecular weight excluding hydrogens is 538 g/mol. The van der Waals surface area contributed by atoms with Crippen LogP contribution in [0.3, 0.4) is 0 Å². The van der Waals surface area contributed by atoms with Crippen LogP contribution in [0.1, 0.15) is 72.0 Å². The molecule has 2 fully saturated rings. The summed E-state index contributed by atoms with van der Waals surface area (Å²) in [7, 11) is 0. The first-order chi connectivity index (χ1) is 18.8. The molecule has 218 valence electrons. The summed E-state index contributed by atoms with van der Waals surface area (Å²) < 4.78 is 80.7. The minimum absolute atomic E-state index is 0.00564. The Morgan fingerprint density at radius 1 is 0.900 bits per heavy atom. The zero-order valence-electron chi connectivity index (χ0n) is 21.8. The average molecular weight is 571 g/mol. The molecule has 0 radical (unpaired) electrons. The van der Waals surface area contributed by atoms with Gasteiger partial charge in [0.15, 0.2) is 0 Å². The molecule has 2 aromatic rings. The zero-order chi connectivity index (χ0) is 29.1. The third-order valence-electron chi connectivity index (χ3n) is 7.93. The molecule has 0 spiro atoms. The first kappa shape index (κ1) is 29.9. The zero-order valence-corrected chi connectivity index (χ0v) is 21.8. The van der Waals surface area contributed by atoms with Gasteiger partial charge in [-0.1, -0.05) is 49.6 Å². The Labute approximate surface area is 228 Å². The fourth-order valence-electron chi connectivity index (χ4n) is 5.92. The second kappa shape index (κ2) is 12.2. The quantitative estimate of drug-likeness (QED) is 0.370. The standard InChI is InChI=1S/C29H32F6N2O3/c30-28(31,32)21-14-20(15-22(16-21)29(33,34)35)26(38)37-12-11-23(17-24(37)13-18-7-3-1-4-8-18)36-25(27(39)40)19-9-5-2-6-10-19/h1,3-4,7-8,14-16,19,23-25,36H,2,5-6,9-13,17H2,(H,39,40)/t23?,24?,25-/m1/s1. The number of piperidine rings is 1. The Morgan fingerprint density at radius 3 is 2.05 bits per heavy atom. The van der Waals surface area contributed by atoms with Crippen molar-refractivity contribution in [3.05, 3.63) is 70.8 Å². The van der Waals surface area contributed by atoms with Gasteiger partial charge in [0.25, 0.3) is 5.91 Å². The number of amides is 1. The largest absolute Gasteiger partial charge is 0.480 e. The number of carbonyl (C=O) groups is 2. The molecule has 1 aliphatic heterocycles. The normalized spacial score (nSPS) is 21.7. The predicted octanol–water partition coefficient (Wildman–Crippen LogP) is 6.56. The van der Waals surface area contributed by atoms with Crippen LogP contribution in [0.5, 0.6) is 0 Å². The van der Waals surface area contributed by atoms with E-state index >= 15 is 0 Å². The monoisotopic (exact) mass is 570 g/mol. The highest BCUT2D eigenvalue weighted by atomic mass is 19.4. The minimum Gasteiger partial charge on any atom is -0.480 e. The van der Waals surface area contributed by atoms with Crippen molar-refractivity contribution in [3.63, 3.8) is 0 Å². The number of aliphatic carboxylic acids is 1. The highest BCUT2D eigenvalue weighted by Crippen LogP contribution is 2.37. The summed E-state index contributed by atoms with van der Waals surface area (Å²) in [5.41, 5.74) is -2.93. The van der Waals surface area contributed by atoms with E-state index in [4.69, 9.17) is 0 Å². The van der Waals surface area contributed by atoms with Crippen molar-refractivity contribution in [3.8, 4) is 0 Å². The molecule has 1 saturated carbocycles. The number of carboxylic acids is 1. The molecular formula is C29H32F6N2O3. The number of nitrogens with zero attached hydrogens (tertiary/aromatic N) is 1. The molecule has 2 aliphatic rings. The summed E-state index contributed by atoms with van der Waals surface area (Å²) in [6.45, 7) is 0.0581.